The molecule has 0 spiro atoms. The molecular weight excluding hydrogens is 390 g/mol. The minimum absolute atomic E-state index is 0.0531. The molecule has 2 aromatic rings. The molecule has 1 atom stereocenters. The highest BCUT2D eigenvalue weighted by atomic mass is 32.2. The molecular formula is C20H21N5OS2. The van der Waals surface area contributed by atoms with E-state index in [1.807, 2.05) is 37.3 Å². The highest BCUT2D eigenvalue weighted by molar-refractivity contribution is 8.21. The third-order valence-corrected chi connectivity index (χ3v) is 6.34. The van der Waals surface area contributed by atoms with Crippen molar-refractivity contribution < 1.29 is 4.21 Å². The van der Waals surface area contributed by atoms with E-state index < -0.39 is 10.8 Å². The van der Waals surface area contributed by atoms with E-state index in [-0.39, 0.29) is 15.7 Å². The molecule has 1 N–H and O–H groups in total. The van der Waals surface area contributed by atoms with Crippen LogP contribution >= 0.6 is 11.8 Å². The van der Waals surface area contributed by atoms with Crippen LogP contribution in [0.1, 0.15) is 31.2 Å². The van der Waals surface area contributed by atoms with Gasteiger partial charge in [0.25, 0.3) is 0 Å². The summed E-state index contributed by atoms with van der Waals surface area (Å²) in [5.41, 5.74) is 1.21. The van der Waals surface area contributed by atoms with E-state index in [0.717, 1.165) is 24.6 Å². The largest absolute Gasteiger partial charge is 0.293 e. The van der Waals surface area contributed by atoms with Crippen molar-refractivity contribution in [2.45, 2.75) is 19.8 Å². The van der Waals surface area contributed by atoms with Crippen LogP contribution in [0.15, 0.2) is 59.4 Å². The first-order valence-corrected chi connectivity index (χ1v) is 11.2. The topological polar surface area (TPSA) is 103 Å². The van der Waals surface area contributed by atoms with E-state index in [2.05, 4.69) is 21.0 Å². The van der Waals surface area contributed by atoms with Gasteiger partial charge in [-0.15, -0.1) is 0 Å². The van der Waals surface area contributed by atoms with Gasteiger partial charge in [0, 0.05) is 34.5 Å². The zero-order valence-corrected chi connectivity index (χ0v) is 17.2. The van der Waals surface area contributed by atoms with Crippen molar-refractivity contribution in [3.63, 3.8) is 0 Å². The average molecular weight is 412 g/mol. The number of nitriles is 1. The number of hydrogen-bond acceptors (Lipinski definition) is 7. The van der Waals surface area contributed by atoms with Gasteiger partial charge in [-0.25, -0.2) is 9.97 Å². The van der Waals surface area contributed by atoms with Crippen LogP contribution in [0.25, 0.3) is 5.70 Å². The minimum atomic E-state index is -1.02. The highest BCUT2D eigenvalue weighted by Crippen LogP contribution is 2.24. The first-order valence-electron chi connectivity index (χ1n) is 8.73. The fourth-order valence-corrected chi connectivity index (χ4v) is 4.52. The monoisotopic (exact) mass is 411 g/mol. The van der Waals surface area contributed by atoms with Gasteiger partial charge < -0.3 is 0 Å². The molecule has 28 heavy (non-hydrogen) atoms. The first kappa shape index (κ1) is 21.7. The molecule has 6 nitrogen and oxygen atoms in total. The molecule has 8 heteroatoms. The second-order valence-electron chi connectivity index (χ2n) is 5.66. The second kappa shape index (κ2) is 12.0. The SMILES string of the molecule is CCCCS(=O)CSC(=N)/C(C#N)=C(\N=Cc1ncccn1)c1ccccc1. The summed E-state index contributed by atoms with van der Waals surface area (Å²) in [4.78, 5) is 12.6. The summed E-state index contributed by atoms with van der Waals surface area (Å²) >= 11 is 1.11. The molecule has 0 aliphatic carbocycles. The van der Waals surface area contributed by atoms with E-state index in [4.69, 9.17) is 5.41 Å². The van der Waals surface area contributed by atoms with Gasteiger partial charge in [0.2, 0.25) is 0 Å². The molecule has 1 heterocycles. The molecule has 0 bridgehead atoms. The minimum Gasteiger partial charge on any atom is -0.293 e. The van der Waals surface area contributed by atoms with Crippen molar-refractivity contribution in [1.29, 1.82) is 10.7 Å². The number of rotatable bonds is 9. The highest BCUT2D eigenvalue weighted by Gasteiger charge is 2.15. The van der Waals surface area contributed by atoms with Crippen LogP contribution in [-0.2, 0) is 10.8 Å². The zero-order valence-electron chi connectivity index (χ0n) is 15.5. The molecule has 144 valence electrons. The Hall–Kier alpha value is -2.63. The predicted molar refractivity (Wildman–Crippen MR) is 117 cm³/mol. The summed E-state index contributed by atoms with van der Waals surface area (Å²) in [7, 11) is -1.02. The van der Waals surface area contributed by atoms with Crippen LogP contribution in [-0.4, -0.2) is 36.3 Å². The summed E-state index contributed by atoms with van der Waals surface area (Å²) in [6, 6.07) is 13.0. The number of unbranched alkanes of at least 4 members (excludes halogenated alkanes) is 1. The average Bonchev–Trinajstić information content (AvgIpc) is 2.74. The number of aliphatic imine (C=N–C) groups is 1. The van der Waals surface area contributed by atoms with Gasteiger partial charge in [-0.3, -0.25) is 14.6 Å². The predicted octanol–water partition coefficient (Wildman–Crippen LogP) is 4.05. The number of benzene rings is 1. The third kappa shape index (κ3) is 6.83. The molecule has 0 saturated heterocycles. The Morgan fingerprint density at radius 1 is 1.29 bits per heavy atom. The van der Waals surface area contributed by atoms with Crippen LogP contribution in [0, 0.1) is 16.7 Å². The van der Waals surface area contributed by atoms with Gasteiger partial charge in [0.1, 0.15) is 16.7 Å². The number of nitrogens with zero attached hydrogens (tertiary/aromatic N) is 4. The van der Waals surface area contributed by atoms with Gasteiger partial charge in [-0.2, -0.15) is 5.26 Å². The number of hydrogen-bond donors (Lipinski definition) is 1. The number of thioether (sulfide) groups is 1. The van der Waals surface area contributed by atoms with E-state index >= 15 is 0 Å². The van der Waals surface area contributed by atoms with Crippen molar-refractivity contribution in [1.82, 2.24) is 9.97 Å². The molecule has 0 amide bonds. The molecule has 1 aromatic heterocycles. The second-order valence-corrected chi connectivity index (χ2v) is 8.58. The molecule has 0 aliphatic rings. The van der Waals surface area contributed by atoms with E-state index in [1.165, 1.54) is 6.21 Å². The first-order chi connectivity index (χ1) is 13.7. The molecule has 0 aliphatic heterocycles. The third-order valence-electron chi connectivity index (χ3n) is 3.58. The summed E-state index contributed by atoms with van der Waals surface area (Å²) in [5.74, 6) is 1.02. The Bertz CT molecular complexity index is 905. The quantitative estimate of drug-likeness (QED) is 0.381. The fourth-order valence-electron chi connectivity index (χ4n) is 2.15. The lowest BCUT2D eigenvalue weighted by molar-refractivity contribution is 0.683. The summed E-state index contributed by atoms with van der Waals surface area (Å²) in [6.07, 6.45) is 6.55. The molecule has 0 saturated carbocycles. The van der Waals surface area contributed by atoms with Gasteiger partial charge in [0.05, 0.1) is 17.0 Å². The van der Waals surface area contributed by atoms with Crippen LogP contribution in [0.5, 0.6) is 0 Å². The van der Waals surface area contributed by atoms with Gasteiger partial charge in [0.15, 0.2) is 5.82 Å². The van der Waals surface area contributed by atoms with Crippen LogP contribution in [0.2, 0.25) is 0 Å². The Morgan fingerprint density at radius 3 is 2.64 bits per heavy atom. The van der Waals surface area contributed by atoms with E-state index in [9.17, 15) is 9.47 Å². The normalized spacial score (nSPS) is 13.0. The summed E-state index contributed by atoms with van der Waals surface area (Å²) in [5, 5.41) is 18.4. The zero-order chi connectivity index (χ0) is 20.2. The van der Waals surface area contributed by atoms with Gasteiger partial charge in [-0.05, 0) is 12.5 Å². The Balaban J connectivity index is 2.30. The van der Waals surface area contributed by atoms with Crippen molar-refractivity contribution in [3.05, 3.63) is 65.8 Å². The maximum Gasteiger partial charge on any atom is 0.170 e. The Kier molecular flexibility index (Phi) is 9.25. The number of nitrogens with one attached hydrogen (secondary N) is 1. The lowest BCUT2D eigenvalue weighted by Gasteiger charge is -2.08. The molecule has 2 rings (SSSR count). The Labute approximate surface area is 171 Å². The maximum atomic E-state index is 12.0. The van der Waals surface area contributed by atoms with E-state index in [1.54, 1.807) is 18.5 Å². The van der Waals surface area contributed by atoms with Gasteiger partial charge >= 0.3 is 0 Å². The lowest BCUT2D eigenvalue weighted by atomic mass is 10.1. The van der Waals surface area contributed by atoms with Crippen molar-refractivity contribution in [2.75, 3.05) is 10.8 Å². The Morgan fingerprint density at radius 2 is 2.00 bits per heavy atom. The molecule has 1 unspecified atom stereocenters. The van der Waals surface area contributed by atoms with Crippen LogP contribution in [0.4, 0.5) is 0 Å². The van der Waals surface area contributed by atoms with Crippen molar-refractivity contribution in [3.8, 4) is 6.07 Å². The lowest BCUT2D eigenvalue weighted by Crippen LogP contribution is -2.05. The smallest absolute Gasteiger partial charge is 0.170 e. The van der Waals surface area contributed by atoms with Crippen LogP contribution < -0.4 is 0 Å². The fraction of sp³-hybridized carbons (Fsp3) is 0.250. The molecule has 0 fully saturated rings. The summed E-state index contributed by atoms with van der Waals surface area (Å²) < 4.78 is 12.0. The van der Waals surface area contributed by atoms with Crippen molar-refractivity contribution >= 4 is 39.5 Å². The van der Waals surface area contributed by atoms with Crippen LogP contribution in [0.3, 0.4) is 0 Å². The van der Waals surface area contributed by atoms with E-state index in [0.29, 0.717) is 22.8 Å². The van der Waals surface area contributed by atoms with Crippen molar-refractivity contribution in [2.24, 2.45) is 4.99 Å². The van der Waals surface area contributed by atoms with Gasteiger partial charge in [-0.1, -0.05) is 55.4 Å². The maximum absolute atomic E-state index is 12.0. The standard InChI is InChI=1S/C20H21N5OS2/c1-2-3-12-28(26)15-27-20(22)17(13-21)19(16-8-5-4-6-9-16)25-14-18-23-10-7-11-24-18/h4-11,14,22H,2-3,12,15H2,1H3/b19-17-,22-20?,25-14?. The molecule has 1 aromatic carbocycles. The molecule has 0 radical (unpaired) electrons. The summed E-state index contributed by atoms with van der Waals surface area (Å²) in [6.45, 7) is 2.05. The number of aromatic nitrogens is 2.